The summed E-state index contributed by atoms with van der Waals surface area (Å²) in [6, 6.07) is 7.84. The molecule has 0 aromatic carbocycles. The SMILES string of the molecule is Cn1cc(O)cc(-c2ccc(N3CC4CC(C3)N4C(=O)OC(C)(C)C)nc2)cc2cn[nH]c2n1. The molecule has 10 nitrogen and oxygen atoms in total. The number of nitrogens with zero attached hydrogens (tertiary/aromatic N) is 6. The third kappa shape index (κ3) is 4.35. The Kier molecular flexibility index (Phi) is 5.30. The van der Waals surface area contributed by atoms with Crippen LogP contribution >= 0.6 is 0 Å². The lowest BCUT2D eigenvalue weighted by Crippen LogP contribution is -2.70. The quantitative estimate of drug-likeness (QED) is 0.599. The molecule has 6 rings (SSSR count). The van der Waals surface area contributed by atoms with E-state index in [1.807, 2.05) is 43.9 Å². The van der Waals surface area contributed by atoms with Crippen molar-refractivity contribution in [3.05, 3.63) is 42.9 Å². The summed E-state index contributed by atoms with van der Waals surface area (Å²) in [4.78, 5) is 21.3. The molecule has 3 aliphatic heterocycles. The number of piperidine rings is 1. The van der Waals surface area contributed by atoms with Crippen LogP contribution in [0, 0.1) is 0 Å². The van der Waals surface area contributed by atoms with Gasteiger partial charge in [0.15, 0.2) is 5.65 Å². The number of ether oxygens (including phenoxy) is 1. The number of nitrogens with one attached hydrogen (secondary N) is 1. The monoisotopic (exact) mass is 463 g/mol. The minimum absolute atomic E-state index is 0.0815. The lowest BCUT2D eigenvalue weighted by molar-refractivity contribution is -0.0380. The molecule has 10 heteroatoms. The molecule has 34 heavy (non-hydrogen) atoms. The van der Waals surface area contributed by atoms with Crippen LogP contribution in [-0.4, -0.2) is 71.8 Å². The van der Waals surface area contributed by atoms with Gasteiger partial charge in [-0.3, -0.25) is 14.7 Å². The Labute approximate surface area is 197 Å². The van der Waals surface area contributed by atoms with Gasteiger partial charge in [0.05, 0.1) is 24.5 Å². The summed E-state index contributed by atoms with van der Waals surface area (Å²) in [7, 11) is 1.74. The molecule has 178 valence electrons. The fourth-order valence-corrected chi connectivity index (χ4v) is 4.58. The Bertz CT molecular complexity index is 1260. The number of aryl methyl sites for hydroxylation is 1. The van der Waals surface area contributed by atoms with E-state index in [-0.39, 0.29) is 23.9 Å². The van der Waals surface area contributed by atoms with Crippen LogP contribution in [0.3, 0.4) is 0 Å². The molecule has 3 saturated heterocycles. The Morgan fingerprint density at radius 1 is 1.15 bits per heavy atom. The third-order valence-corrected chi connectivity index (χ3v) is 6.04. The number of aromatic amines is 1. The lowest BCUT2D eigenvalue weighted by Gasteiger charge is -2.56. The van der Waals surface area contributed by atoms with Crippen molar-refractivity contribution < 1.29 is 14.6 Å². The number of hydrogen-bond acceptors (Lipinski definition) is 7. The smallest absolute Gasteiger partial charge is 0.410 e. The average molecular weight is 464 g/mol. The molecule has 3 aromatic rings. The molecule has 1 amide bonds. The Morgan fingerprint density at radius 3 is 2.59 bits per heavy atom. The molecule has 0 aliphatic carbocycles. The van der Waals surface area contributed by atoms with Gasteiger partial charge in [-0.1, -0.05) is 0 Å². The van der Waals surface area contributed by atoms with Gasteiger partial charge in [0.25, 0.3) is 0 Å². The Balaban J connectivity index is 1.37. The van der Waals surface area contributed by atoms with Crippen molar-refractivity contribution in [3.8, 4) is 16.9 Å². The summed E-state index contributed by atoms with van der Waals surface area (Å²) in [5.41, 5.74) is 1.76. The number of carbonyl (C=O) groups excluding carboxylic acids is 1. The van der Waals surface area contributed by atoms with Crippen LogP contribution in [0.2, 0.25) is 0 Å². The first-order valence-corrected chi connectivity index (χ1v) is 11.3. The summed E-state index contributed by atoms with van der Waals surface area (Å²) in [6.45, 7) is 7.12. The predicted octanol–water partition coefficient (Wildman–Crippen LogP) is 3.39. The highest BCUT2D eigenvalue weighted by molar-refractivity contribution is 5.78. The van der Waals surface area contributed by atoms with Crippen LogP contribution in [0.5, 0.6) is 5.75 Å². The zero-order valence-electron chi connectivity index (χ0n) is 19.8. The van der Waals surface area contributed by atoms with Crippen molar-refractivity contribution in [2.24, 2.45) is 7.05 Å². The molecular weight excluding hydrogens is 434 g/mol. The largest absolute Gasteiger partial charge is 0.506 e. The number of rotatable bonds is 2. The molecule has 0 saturated carbocycles. The molecule has 2 unspecified atom stereocenters. The Hall–Kier alpha value is -3.82. The Morgan fingerprint density at radius 2 is 1.91 bits per heavy atom. The van der Waals surface area contributed by atoms with Crippen molar-refractivity contribution in [2.45, 2.75) is 44.9 Å². The van der Waals surface area contributed by atoms with Crippen LogP contribution in [0.4, 0.5) is 10.6 Å². The van der Waals surface area contributed by atoms with Gasteiger partial charge in [0.2, 0.25) is 0 Å². The van der Waals surface area contributed by atoms with E-state index in [0.29, 0.717) is 5.65 Å². The van der Waals surface area contributed by atoms with Crippen molar-refractivity contribution in [3.63, 3.8) is 0 Å². The van der Waals surface area contributed by atoms with Gasteiger partial charge in [-0.25, -0.2) is 9.78 Å². The number of hydrogen-bond donors (Lipinski definition) is 2. The van der Waals surface area contributed by atoms with Gasteiger partial charge in [0, 0.05) is 37.3 Å². The number of anilines is 1. The molecule has 2 bridgehead atoms. The fraction of sp³-hybridized carbons (Fsp3) is 0.417. The van der Waals surface area contributed by atoms with Crippen LogP contribution in [0.1, 0.15) is 27.2 Å². The van der Waals surface area contributed by atoms with E-state index in [9.17, 15) is 9.90 Å². The van der Waals surface area contributed by atoms with Gasteiger partial charge in [-0.2, -0.15) is 10.2 Å². The number of fused-ring (bicyclic) bond motifs is 3. The van der Waals surface area contributed by atoms with E-state index in [1.165, 1.54) is 10.9 Å². The second-order valence-electron chi connectivity index (χ2n) is 9.89. The average Bonchev–Trinajstić information content (AvgIpc) is 3.19. The van der Waals surface area contributed by atoms with Crippen molar-refractivity contribution in [1.29, 1.82) is 0 Å². The minimum atomic E-state index is -0.496. The molecule has 3 aromatic heterocycles. The van der Waals surface area contributed by atoms with E-state index < -0.39 is 5.60 Å². The first-order chi connectivity index (χ1) is 16.2. The van der Waals surface area contributed by atoms with Gasteiger partial charge in [-0.05, 0) is 57.0 Å². The highest BCUT2D eigenvalue weighted by atomic mass is 16.6. The standard InChI is InChI=1S/C24H29N7O3/c1-24(2,3)34-23(33)31-18-9-19(31)13-30(12-18)21-6-5-15(10-25-21)16-7-17-11-26-27-22(17)28-29(4)14-20(32)8-16/h5-8,10-11,14,18-19,32H,9,12-13H2,1-4H3,(H,27,28). The van der Waals surface area contributed by atoms with Crippen LogP contribution in [0.15, 0.2) is 42.9 Å². The van der Waals surface area contributed by atoms with E-state index in [2.05, 4.69) is 20.2 Å². The first kappa shape index (κ1) is 22.0. The number of piperazine rings is 1. The van der Waals surface area contributed by atoms with Crippen molar-refractivity contribution in [2.75, 3.05) is 18.0 Å². The molecule has 3 aliphatic rings. The van der Waals surface area contributed by atoms with Crippen LogP contribution in [0.25, 0.3) is 22.2 Å². The molecule has 0 spiro atoms. The highest BCUT2D eigenvalue weighted by Crippen LogP contribution is 2.35. The number of aromatic hydroxyl groups is 1. The zero-order chi connectivity index (χ0) is 24.0. The van der Waals surface area contributed by atoms with E-state index in [4.69, 9.17) is 9.72 Å². The molecule has 2 N–H and O–H groups in total. The van der Waals surface area contributed by atoms with Gasteiger partial charge in [-0.15, -0.1) is 0 Å². The molecule has 0 radical (unpaired) electrons. The number of H-pyrrole nitrogens is 1. The maximum atomic E-state index is 12.5. The summed E-state index contributed by atoms with van der Waals surface area (Å²) in [6.07, 6.45) is 5.79. The molecule has 6 heterocycles. The third-order valence-electron chi connectivity index (χ3n) is 6.04. The van der Waals surface area contributed by atoms with Gasteiger partial charge in [0.1, 0.15) is 17.2 Å². The maximum absolute atomic E-state index is 12.5. The summed E-state index contributed by atoms with van der Waals surface area (Å²) < 4.78 is 7.10. The van der Waals surface area contributed by atoms with Crippen molar-refractivity contribution >= 4 is 22.9 Å². The number of amides is 1. The highest BCUT2D eigenvalue weighted by Gasteiger charge is 2.49. The summed E-state index contributed by atoms with van der Waals surface area (Å²) in [5, 5.41) is 22.5. The molecule has 2 atom stereocenters. The lowest BCUT2D eigenvalue weighted by atomic mass is 9.88. The van der Waals surface area contributed by atoms with Crippen molar-refractivity contribution in [1.82, 2.24) is 29.9 Å². The fourth-order valence-electron chi connectivity index (χ4n) is 4.58. The van der Waals surface area contributed by atoms with Crippen LogP contribution < -0.4 is 4.90 Å². The van der Waals surface area contributed by atoms with E-state index in [0.717, 1.165) is 41.8 Å². The zero-order valence-corrected chi connectivity index (χ0v) is 19.8. The number of pyridine rings is 1. The normalized spacial score (nSPS) is 19.5. The second-order valence-corrected chi connectivity index (χ2v) is 9.89. The van der Waals surface area contributed by atoms with Crippen LogP contribution in [-0.2, 0) is 11.8 Å². The topological polar surface area (TPSA) is 112 Å². The second kappa shape index (κ2) is 8.19. The number of aromatic nitrogens is 5. The first-order valence-electron chi connectivity index (χ1n) is 11.3. The summed E-state index contributed by atoms with van der Waals surface area (Å²) >= 11 is 0. The van der Waals surface area contributed by atoms with Gasteiger partial charge >= 0.3 is 6.09 Å². The maximum Gasteiger partial charge on any atom is 0.410 e. The molecule has 3 fully saturated rings. The summed E-state index contributed by atoms with van der Waals surface area (Å²) in [5.74, 6) is 0.947. The molecular formula is C24H29N7O3. The van der Waals surface area contributed by atoms with E-state index in [1.54, 1.807) is 25.5 Å². The van der Waals surface area contributed by atoms with E-state index >= 15 is 0 Å². The number of carbonyl (C=O) groups is 1. The predicted molar refractivity (Wildman–Crippen MR) is 128 cm³/mol. The minimum Gasteiger partial charge on any atom is -0.506 e. The van der Waals surface area contributed by atoms with Gasteiger partial charge < -0.3 is 14.7 Å².